The van der Waals surface area contributed by atoms with Gasteiger partial charge in [0.25, 0.3) is 0 Å². The third-order valence-corrected chi connectivity index (χ3v) is 4.89. The number of hydrogen-bond acceptors (Lipinski definition) is 4. The zero-order valence-corrected chi connectivity index (χ0v) is 12.8. The van der Waals surface area contributed by atoms with E-state index in [-0.39, 0.29) is 11.8 Å². The van der Waals surface area contributed by atoms with Gasteiger partial charge in [-0.15, -0.1) is 0 Å². The Balaban J connectivity index is 3.75. The van der Waals surface area contributed by atoms with Gasteiger partial charge in [-0.1, -0.05) is 6.92 Å². The van der Waals surface area contributed by atoms with Crippen molar-refractivity contribution in [2.24, 2.45) is 0 Å². The van der Waals surface area contributed by atoms with E-state index >= 15 is 0 Å². The molecule has 0 saturated heterocycles. The van der Waals surface area contributed by atoms with Gasteiger partial charge >= 0.3 is 0 Å². The SMILES string of the molecule is CCSCCC(C)NS(=O)(=O)CCCCNC. The highest BCUT2D eigenvalue weighted by molar-refractivity contribution is 7.99. The van der Waals surface area contributed by atoms with E-state index in [2.05, 4.69) is 17.0 Å². The van der Waals surface area contributed by atoms with Crippen LogP contribution in [0, 0.1) is 0 Å². The first-order valence-electron chi connectivity index (χ1n) is 6.24. The Hall–Kier alpha value is 0.220. The molecule has 0 bridgehead atoms. The largest absolute Gasteiger partial charge is 0.320 e. The summed E-state index contributed by atoms with van der Waals surface area (Å²) in [6.07, 6.45) is 2.51. The predicted molar refractivity (Wildman–Crippen MR) is 77.2 cm³/mol. The zero-order valence-electron chi connectivity index (χ0n) is 11.2. The highest BCUT2D eigenvalue weighted by atomic mass is 32.2. The van der Waals surface area contributed by atoms with Crippen LogP contribution in [0.3, 0.4) is 0 Å². The summed E-state index contributed by atoms with van der Waals surface area (Å²) in [4.78, 5) is 0. The Labute approximate surface area is 110 Å². The minimum absolute atomic E-state index is 0.0448. The summed E-state index contributed by atoms with van der Waals surface area (Å²) in [7, 11) is -1.21. The van der Waals surface area contributed by atoms with Crippen LogP contribution in [-0.4, -0.2) is 45.3 Å². The van der Waals surface area contributed by atoms with Crippen LogP contribution in [0.25, 0.3) is 0 Å². The standard InChI is InChI=1S/C11H26N2O2S2/c1-4-16-9-7-11(2)13-17(14,15)10-6-5-8-12-3/h11-13H,4-10H2,1-3H3. The third kappa shape index (κ3) is 11.1. The van der Waals surface area contributed by atoms with E-state index in [1.807, 2.05) is 25.7 Å². The molecular weight excluding hydrogens is 256 g/mol. The molecule has 0 heterocycles. The summed E-state index contributed by atoms with van der Waals surface area (Å²) in [5, 5.41) is 3.01. The fourth-order valence-corrected chi connectivity index (χ4v) is 3.66. The first kappa shape index (κ1) is 17.2. The second-order valence-electron chi connectivity index (χ2n) is 4.13. The van der Waals surface area contributed by atoms with E-state index in [9.17, 15) is 8.42 Å². The fourth-order valence-electron chi connectivity index (χ4n) is 1.42. The Bertz CT molecular complexity index is 269. The zero-order chi connectivity index (χ0) is 13.1. The van der Waals surface area contributed by atoms with Gasteiger partial charge < -0.3 is 5.32 Å². The molecule has 6 heteroatoms. The van der Waals surface area contributed by atoms with Crippen molar-refractivity contribution in [1.82, 2.24) is 10.0 Å². The molecule has 0 aromatic rings. The smallest absolute Gasteiger partial charge is 0.211 e. The second-order valence-corrected chi connectivity index (χ2v) is 7.40. The summed E-state index contributed by atoms with van der Waals surface area (Å²) < 4.78 is 26.1. The summed E-state index contributed by atoms with van der Waals surface area (Å²) in [5.74, 6) is 2.34. The van der Waals surface area contributed by atoms with Crippen molar-refractivity contribution >= 4 is 21.8 Å². The van der Waals surface area contributed by atoms with Crippen LogP contribution in [0.15, 0.2) is 0 Å². The van der Waals surface area contributed by atoms with Crippen molar-refractivity contribution in [2.45, 2.75) is 39.2 Å². The molecule has 0 spiro atoms. The summed E-state index contributed by atoms with van der Waals surface area (Å²) in [5.41, 5.74) is 0. The molecule has 2 N–H and O–H groups in total. The van der Waals surface area contributed by atoms with Crippen LogP contribution in [-0.2, 0) is 10.0 Å². The number of hydrogen-bond donors (Lipinski definition) is 2. The molecule has 0 rings (SSSR count). The third-order valence-electron chi connectivity index (χ3n) is 2.37. The first-order chi connectivity index (χ1) is 8.02. The Kier molecular flexibility index (Phi) is 10.3. The second kappa shape index (κ2) is 10.2. The van der Waals surface area contributed by atoms with Gasteiger partial charge in [-0.05, 0) is 51.3 Å². The van der Waals surface area contributed by atoms with Gasteiger partial charge in [-0.3, -0.25) is 0 Å². The van der Waals surface area contributed by atoms with Crippen molar-refractivity contribution in [3.05, 3.63) is 0 Å². The highest BCUT2D eigenvalue weighted by Crippen LogP contribution is 2.05. The quantitative estimate of drug-likeness (QED) is 0.563. The first-order valence-corrected chi connectivity index (χ1v) is 9.05. The van der Waals surface area contributed by atoms with E-state index in [1.54, 1.807) is 0 Å². The van der Waals surface area contributed by atoms with E-state index in [1.165, 1.54) is 0 Å². The lowest BCUT2D eigenvalue weighted by Gasteiger charge is -2.13. The van der Waals surface area contributed by atoms with Crippen LogP contribution < -0.4 is 10.0 Å². The van der Waals surface area contributed by atoms with Crippen LogP contribution in [0.4, 0.5) is 0 Å². The fraction of sp³-hybridized carbons (Fsp3) is 1.00. The van der Waals surface area contributed by atoms with Crippen molar-refractivity contribution in [3.8, 4) is 0 Å². The number of rotatable bonds is 11. The molecule has 0 aromatic carbocycles. The lowest BCUT2D eigenvalue weighted by Crippen LogP contribution is -2.34. The van der Waals surface area contributed by atoms with Crippen molar-refractivity contribution < 1.29 is 8.42 Å². The molecule has 0 aliphatic heterocycles. The molecule has 1 atom stereocenters. The molecule has 1 unspecified atom stereocenters. The minimum Gasteiger partial charge on any atom is -0.320 e. The number of nitrogens with one attached hydrogen (secondary N) is 2. The highest BCUT2D eigenvalue weighted by Gasteiger charge is 2.13. The Morgan fingerprint density at radius 1 is 1.29 bits per heavy atom. The lowest BCUT2D eigenvalue weighted by molar-refractivity contribution is 0.552. The lowest BCUT2D eigenvalue weighted by atomic mass is 10.3. The van der Waals surface area contributed by atoms with Crippen LogP contribution in [0.2, 0.25) is 0 Å². The normalized spacial score (nSPS) is 13.8. The number of unbranched alkanes of at least 4 members (excludes halogenated alkanes) is 1. The topological polar surface area (TPSA) is 58.2 Å². The van der Waals surface area contributed by atoms with E-state index in [4.69, 9.17) is 0 Å². The van der Waals surface area contributed by atoms with Crippen LogP contribution in [0.5, 0.6) is 0 Å². The van der Waals surface area contributed by atoms with Crippen molar-refractivity contribution in [3.63, 3.8) is 0 Å². The predicted octanol–water partition coefficient (Wildman–Crippen LogP) is 1.44. The molecule has 104 valence electrons. The van der Waals surface area contributed by atoms with E-state index < -0.39 is 10.0 Å². The van der Waals surface area contributed by atoms with Crippen LogP contribution >= 0.6 is 11.8 Å². The monoisotopic (exact) mass is 282 g/mol. The molecular formula is C11H26N2O2S2. The average molecular weight is 282 g/mol. The van der Waals surface area contributed by atoms with Gasteiger partial charge in [-0.25, -0.2) is 13.1 Å². The summed E-state index contributed by atoms with van der Waals surface area (Å²) in [6, 6.07) is 0.0448. The molecule has 4 nitrogen and oxygen atoms in total. The van der Waals surface area contributed by atoms with Crippen molar-refractivity contribution in [1.29, 1.82) is 0 Å². The van der Waals surface area contributed by atoms with Crippen molar-refractivity contribution in [2.75, 3.05) is 30.9 Å². The Morgan fingerprint density at radius 3 is 2.59 bits per heavy atom. The molecule has 0 aromatic heterocycles. The molecule has 0 saturated carbocycles. The average Bonchev–Trinajstić information content (AvgIpc) is 2.24. The maximum absolute atomic E-state index is 11.7. The molecule has 0 amide bonds. The molecule has 0 aliphatic carbocycles. The van der Waals surface area contributed by atoms with Gasteiger partial charge in [0.1, 0.15) is 0 Å². The van der Waals surface area contributed by atoms with E-state index in [0.717, 1.165) is 30.9 Å². The maximum Gasteiger partial charge on any atom is 0.211 e. The van der Waals surface area contributed by atoms with Crippen LogP contribution in [0.1, 0.15) is 33.1 Å². The number of thioether (sulfide) groups is 1. The minimum atomic E-state index is -3.09. The molecule has 0 radical (unpaired) electrons. The van der Waals surface area contributed by atoms with Gasteiger partial charge in [0, 0.05) is 6.04 Å². The number of sulfonamides is 1. The molecule has 0 fully saturated rings. The van der Waals surface area contributed by atoms with Gasteiger partial charge in [0.15, 0.2) is 0 Å². The maximum atomic E-state index is 11.7. The molecule has 0 aliphatic rings. The van der Waals surface area contributed by atoms with Gasteiger partial charge in [0.2, 0.25) is 10.0 Å². The molecule has 17 heavy (non-hydrogen) atoms. The van der Waals surface area contributed by atoms with Gasteiger partial charge in [0.05, 0.1) is 5.75 Å². The van der Waals surface area contributed by atoms with Gasteiger partial charge in [-0.2, -0.15) is 11.8 Å². The summed E-state index contributed by atoms with van der Waals surface area (Å²) in [6.45, 7) is 4.92. The Morgan fingerprint density at radius 2 is 2.00 bits per heavy atom. The van der Waals surface area contributed by atoms with E-state index in [0.29, 0.717) is 6.42 Å². The summed E-state index contributed by atoms with van der Waals surface area (Å²) >= 11 is 1.84.